The summed E-state index contributed by atoms with van der Waals surface area (Å²) in [6.45, 7) is 4.84. The summed E-state index contributed by atoms with van der Waals surface area (Å²) in [5, 5.41) is 1.25. The van der Waals surface area contributed by atoms with Crippen LogP contribution in [0.2, 0.25) is 10.0 Å². The molecule has 0 aliphatic heterocycles. The summed E-state index contributed by atoms with van der Waals surface area (Å²) < 4.78 is 0. The second-order valence-corrected chi connectivity index (χ2v) is 5.71. The molecule has 0 spiro atoms. The summed E-state index contributed by atoms with van der Waals surface area (Å²) >= 11 is 12.4. The predicted octanol–water partition coefficient (Wildman–Crippen LogP) is 3.73. The number of benzene rings is 1. The molecule has 100 valence electrons. The molecule has 4 heteroatoms. The van der Waals surface area contributed by atoms with Gasteiger partial charge in [-0.15, -0.1) is 0 Å². The van der Waals surface area contributed by atoms with Crippen molar-refractivity contribution in [1.29, 1.82) is 0 Å². The molecule has 18 heavy (non-hydrogen) atoms. The van der Waals surface area contributed by atoms with Crippen molar-refractivity contribution in [2.45, 2.75) is 25.8 Å². The van der Waals surface area contributed by atoms with Crippen LogP contribution in [-0.4, -0.2) is 24.5 Å². The highest BCUT2D eigenvalue weighted by molar-refractivity contribution is 6.42. The SMILES string of the molecule is CCN(CC1CC1)C(CN)c1cccc(Cl)c1Cl. The second-order valence-electron chi connectivity index (χ2n) is 4.93. The highest BCUT2D eigenvalue weighted by atomic mass is 35.5. The van der Waals surface area contributed by atoms with Crippen molar-refractivity contribution in [3.05, 3.63) is 33.8 Å². The molecule has 0 radical (unpaired) electrons. The zero-order valence-corrected chi connectivity index (χ0v) is 12.2. The van der Waals surface area contributed by atoms with E-state index in [1.54, 1.807) is 0 Å². The fraction of sp³-hybridized carbons (Fsp3) is 0.571. The lowest BCUT2D eigenvalue weighted by Gasteiger charge is -2.31. The summed E-state index contributed by atoms with van der Waals surface area (Å²) in [4.78, 5) is 2.41. The molecule has 0 saturated heterocycles. The Labute approximate surface area is 119 Å². The Bertz CT molecular complexity index is 405. The lowest BCUT2D eigenvalue weighted by Crippen LogP contribution is -2.35. The molecule has 0 aromatic heterocycles. The van der Waals surface area contributed by atoms with Crippen molar-refractivity contribution in [2.24, 2.45) is 11.7 Å². The Balaban J connectivity index is 2.21. The fourth-order valence-corrected chi connectivity index (χ4v) is 2.79. The number of hydrogen-bond acceptors (Lipinski definition) is 2. The Hall–Kier alpha value is -0.280. The van der Waals surface area contributed by atoms with E-state index in [1.807, 2.05) is 18.2 Å². The fourth-order valence-electron chi connectivity index (χ4n) is 2.36. The van der Waals surface area contributed by atoms with Crippen LogP contribution < -0.4 is 5.73 Å². The molecule has 1 aromatic rings. The normalized spacial score (nSPS) is 17.2. The van der Waals surface area contributed by atoms with E-state index in [1.165, 1.54) is 12.8 Å². The van der Waals surface area contributed by atoms with E-state index in [0.717, 1.165) is 24.6 Å². The van der Waals surface area contributed by atoms with Crippen LogP contribution in [0.15, 0.2) is 18.2 Å². The van der Waals surface area contributed by atoms with Gasteiger partial charge in [-0.3, -0.25) is 4.90 Å². The van der Waals surface area contributed by atoms with E-state index >= 15 is 0 Å². The first-order valence-corrected chi connectivity index (χ1v) is 7.31. The van der Waals surface area contributed by atoms with Gasteiger partial charge in [0.2, 0.25) is 0 Å². The molecule has 1 aliphatic rings. The Morgan fingerprint density at radius 2 is 2.11 bits per heavy atom. The summed E-state index contributed by atoms with van der Waals surface area (Å²) in [6.07, 6.45) is 2.69. The van der Waals surface area contributed by atoms with Crippen molar-refractivity contribution in [2.75, 3.05) is 19.6 Å². The average molecular weight is 287 g/mol. The van der Waals surface area contributed by atoms with Crippen LogP contribution in [-0.2, 0) is 0 Å². The van der Waals surface area contributed by atoms with Gasteiger partial charge < -0.3 is 5.73 Å². The zero-order chi connectivity index (χ0) is 13.1. The van der Waals surface area contributed by atoms with E-state index in [-0.39, 0.29) is 6.04 Å². The van der Waals surface area contributed by atoms with E-state index in [9.17, 15) is 0 Å². The third-order valence-corrected chi connectivity index (χ3v) is 4.43. The molecule has 1 aliphatic carbocycles. The van der Waals surface area contributed by atoms with Gasteiger partial charge in [0, 0.05) is 19.1 Å². The van der Waals surface area contributed by atoms with Gasteiger partial charge in [0.1, 0.15) is 0 Å². The van der Waals surface area contributed by atoms with Crippen molar-refractivity contribution in [3.63, 3.8) is 0 Å². The number of rotatable bonds is 6. The minimum Gasteiger partial charge on any atom is -0.329 e. The standard InChI is InChI=1S/C14H20Cl2N2/c1-2-18(9-10-6-7-10)13(8-17)11-4-3-5-12(15)14(11)16/h3-5,10,13H,2,6-9,17H2,1H3. The largest absolute Gasteiger partial charge is 0.329 e. The maximum atomic E-state index is 6.31. The van der Waals surface area contributed by atoms with Crippen molar-refractivity contribution in [3.8, 4) is 0 Å². The van der Waals surface area contributed by atoms with Crippen LogP contribution in [0, 0.1) is 5.92 Å². The molecule has 2 nitrogen and oxygen atoms in total. The maximum absolute atomic E-state index is 6.31. The number of likely N-dealkylation sites (N-methyl/N-ethyl adjacent to an activating group) is 1. The smallest absolute Gasteiger partial charge is 0.0640 e. The summed E-state index contributed by atoms with van der Waals surface area (Å²) in [6, 6.07) is 5.96. The first-order chi connectivity index (χ1) is 8.67. The van der Waals surface area contributed by atoms with Gasteiger partial charge in [0.05, 0.1) is 10.0 Å². The first kappa shape index (κ1) is 14.1. The van der Waals surface area contributed by atoms with Gasteiger partial charge in [0.15, 0.2) is 0 Å². The van der Waals surface area contributed by atoms with Gasteiger partial charge in [-0.1, -0.05) is 42.3 Å². The molecule has 1 aromatic carbocycles. The lowest BCUT2D eigenvalue weighted by molar-refractivity contribution is 0.203. The third-order valence-electron chi connectivity index (χ3n) is 3.60. The number of nitrogens with zero attached hydrogens (tertiary/aromatic N) is 1. The van der Waals surface area contributed by atoms with Gasteiger partial charge in [-0.25, -0.2) is 0 Å². The minimum absolute atomic E-state index is 0.168. The molecule has 2 N–H and O–H groups in total. The van der Waals surface area contributed by atoms with E-state index in [2.05, 4.69) is 11.8 Å². The Morgan fingerprint density at radius 3 is 2.67 bits per heavy atom. The predicted molar refractivity (Wildman–Crippen MR) is 78.2 cm³/mol. The van der Waals surface area contributed by atoms with E-state index < -0.39 is 0 Å². The van der Waals surface area contributed by atoms with E-state index in [4.69, 9.17) is 28.9 Å². The van der Waals surface area contributed by atoms with Crippen molar-refractivity contribution < 1.29 is 0 Å². The number of nitrogens with two attached hydrogens (primary N) is 1. The maximum Gasteiger partial charge on any atom is 0.0640 e. The molecule has 1 fully saturated rings. The van der Waals surface area contributed by atoms with Gasteiger partial charge in [0.25, 0.3) is 0 Å². The second kappa shape index (κ2) is 6.25. The molecule has 1 unspecified atom stereocenters. The van der Waals surface area contributed by atoms with Gasteiger partial charge in [-0.05, 0) is 36.9 Å². The highest BCUT2D eigenvalue weighted by Gasteiger charge is 2.28. The molecule has 1 saturated carbocycles. The van der Waals surface area contributed by atoms with Gasteiger partial charge >= 0.3 is 0 Å². The van der Waals surface area contributed by atoms with Crippen LogP contribution in [0.5, 0.6) is 0 Å². The summed E-state index contributed by atoms with van der Waals surface area (Å²) in [7, 11) is 0. The summed E-state index contributed by atoms with van der Waals surface area (Å²) in [5.41, 5.74) is 7.00. The summed E-state index contributed by atoms with van der Waals surface area (Å²) in [5.74, 6) is 0.844. The number of halogens is 2. The Morgan fingerprint density at radius 1 is 1.39 bits per heavy atom. The monoisotopic (exact) mass is 286 g/mol. The molecular weight excluding hydrogens is 267 g/mol. The molecule has 1 atom stereocenters. The molecular formula is C14H20Cl2N2. The zero-order valence-electron chi connectivity index (χ0n) is 10.7. The molecule has 2 rings (SSSR count). The number of hydrogen-bond donors (Lipinski definition) is 1. The van der Waals surface area contributed by atoms with Crippen molar-refractivity contribution in [1.82, 2.24) is 4.90 Å². The average Bonchev–Trinajstić information content (AvgIpc) is 3.17. The quantitative estimate of drug-likeness (QED) is 0.864. The third kappa shape index (κ3) is 3.18. The van der Waals surface area contributed by atoms with Crippen molar-refractivity contribution >= 4 is 23.2 Å². The molecule has 0 amide bonds. The Kier molecular flexibility index (Phi) is 4.91. The van der Waals surface area contributed by atoms with Crippen LogP contribution in [0.4, 0.5) is 0 Å². The molecule has 0 heterocycles. The van der Waals surface area contributed by atoms with Crippen LogP contribution in [0.25, 0.3) is 0 Å². The van der Waals surface area contributed by atoms with Crippen LogP contribution in [0.3, 0.4) is 0 Å². The highest BCUT2D eigenvalue weighted by Crippen LogP contribution is 2.35. The lowest BCUT2D eigenvalue weighted by atomic mass is 10.0. The van der Waals surface area contributed by atoms with Crippen LogP contribution >= 0.6 is 23.2 Å². The minimum atomic E-state index is 0.168. The molecule has 0 bridgehead atoms. The van der Waals surface area contributed by atoms with E-state index in [0.29, 0.717) is 16.6 Å². The van der Waals surface area contributed by atoms with Crippen LogP contribution in [0.1, 0.15) is 31.4 Å². The van der Waals surface area contributed by atoms with Gasteiger partial charge in [-0.2, -0.15) is 0 Å². The first-order valence-electron chi connectivity index (χ1n) is 6.55. The topological polar surface area (TPSA) is 29.3 Å².